The standard InChI is InChI=1S/C14H20N2O5/c1-4-12(16(18)19)13(14(17)21-5-2)15-10-6-8-11(20-3)9-7-10/h6-9,12-13,15H,4-5H2,1-3H3/t12-,13-/m0/s1. The summed E-state index contributed by atoms with van der Waals surface area (Å²) in [6.07, 6.45) is 0.222. The van der Waals surface area contributed by atoms with Gasteiger partial charge in [-0.25, -0.2) is 4.79 Å². The summed E-state index contributed by atoms with van der Waals surface area (Å²) in [6, 6.07) is 4.72. The number of benzene rings is 1. The number of carbonyl (C=O) groups is 1. The number of carbonyl (C=O) groups excluding carboxylic acids is 1. The van der Waals surface area contributed by atoms with Crippen LogP contribution < -0.4 is 10.1 Å². The van der Waals surface area contributed by atoms with E-state index in [9.17, 15) is 14.9 Å². The molecule has 1 N–H and O–H groups in total. The van der Waals surface area contributed by atoms with Gasteiger partial charge in [0.05, 0.1) is 13.7 Å². The second kappa shape index (κ2) is 8.08. The van der Waals surface area contributed by atoms with E-state index in [2.05, 4.69) is 5.32 Å². The molecule has 7 heteroatoms. The second-order valence-corrected chi connectivity index (χ2v) is 4.36. The van der Waals surface area contributed by atoms with Crippen molar-refractivity contribution in [2.45, 2.75) is 32.4 Å². The van der Waals surface area contributed by atoms with Gasteiger partial charge in [0.2, 0.25) is 6.04 Å². The van der Waals surface area contributed by atoms with Crippen molar-refractivity contribution in [2.75, 3.05) is 19.0 Å². The monoisotopic (exact) mass is 296 g/mol. The fraction of sp³-hybridized carbons (Fsp3) is 0.500. The van der Waals surface area contributed by atoms with Crippen LogP contribution in [0.5, 0.6) is 5.75 Å². The van der Waals surface area contributed by atoms with E-state index in [1.165, 1.54) is 0 Å². The Morgan fingerprint density at radius 2 is 1.95 bits per heavy atom. The topological polar surface area (TPSA) is 90.7 Å². The maximum absolute atomic E-state index is 12.0. The molecule has 0 aromatic heterocycles. The fourth-order valence-electron chi connectivity index (χ4n) is 1.92. The highest BCUT2D eigenvalue weighted by Crippen LogP contribution is 2.18. The number of methoxy groups -OCH3 is 1. The normalized spacial score (nSPS) is 13.1. The minimum atomic E-state index is -1.05. The molecular weight excluding hydrogens is 276 g/mol. The number of hydrogen-bond acceptors (Lipinski definition) is 6. The average Bonchev–Trinajstić information content (AvgIpc) is 2.47. The first-order chi connectivity index (χ1) is 10.0. The molecule has 0 spiro atoms. The first-order valence-corrected chi connectivity index (χ1v) is 6.74. The van der Waals surface area contributed by atoms with Gasteiger partial charge < -0.3 is 14.8 Å². The van der Waals surface area contributed by atoms with E-state index < -0.39 is 23.0 Å². The molecule has 0 aliphatic heterocycles. The van der Waals surface area contributed by atoms with Crippen LogP contribution in [0.15, 0.2) is 24.3 Å². The van der Waals surface area contributed by atoms with Crippen molar-refractivity contribution in [3.8, 4) is 5.75 Å². The first kappa shape index (κ1) is 16.7. The van der Waals surface area contributed by atoms with Crippen molar-refractivity contribution in [1.82, 2.24) is 0 Å². The molecule has 0 saturated heterocycles. The Labute approximate surface area is 123 Å². The molecule has 1 rings (SSSR count). The molecule has 0 aliphatic carbocycles. The smallest absolute Gasteiger partial charge is 0.335 e. The van der Waals surface area contributed by atoms with Crippen molar-refractivity contribution in [2.24, 2.45) is 0 Å². The van der Waals surface area contributed by atoms with Crippen LogP contribution in [0.2, 0.25) is 0 Å². The lowest BCUT2D eigenvalue weighted by Gasteiger charge is -2.21. The predicted octanol–water partition coefficient (Wildman–Crippen LogP) is 2.09. The van der Waals surface area contributed by atoms with Gasteiger partial charge in [-0.3, -0.25) is 10.1 Å². The zero-order valence-corrected chi connectivity index (χ0v) is 12.4. The summed E-state index contributed by atoms with van der Waals surface area (Å²) in [5.74, 6) is 0.0337. The molecular formula is C14H20N2O5. The van der Waals surface area contributed by atoms with Gasteiger partial charge >= 0.3 is 5.97 Å². The molecule has 0 fully saturated rings. The number of nitro groups is 1. The summed E-state index contributed by atoms with van der Waals surface area (Å²) in [6.45, 7) is 3.50. The van der Waals surface area contributed by atoms with Crippen molar-refractivity contribution in [3.63, 3.8) is 0 Å². The van der Waals surface area contributed by atoms with Gasteiger partial charge in [-0.1, -0.05) is 6.92 Å². The lowest BCUT2D eigenvalue weighted by molar-refractivity contribution is -0.523. The van der Waals surface area contributed by atoms with Crippen molar-refractivity contribution < 1.29 is 19.2 Å². The van der Waals surface area contributed by atoms with Gasteiger partial charge in [-0.05, 0) is 31.2 Å². The molecule has 0 aliphatic rings. The molecule has 0 bridgehead atoms. The van der Waals surface area contributed by atoms with Gasteiger partial charge in [-0.15, -0.1) is 0 Å². The van der Waals surface area contributed by atoms with E-state index in [-0.39, 0.29) is 13.0 Å². The van der Waals surface area contributed by atoms with E-state index in [0.29, 0.717) is 11.4 Å². The van der Waals surface area contributed by atoms with Crippen LogP contribution in [-0.4, -0.2) is 36.7 Å². The zero-order chi connectivity index (χ0) is 15.8. The minimum Gasteiger partial charge on any atom is -0.497 e. The lowest BCUT2D eigenvalue weighted by Crippen LogP contribution is -2.45. The third-order valence-corrected chi connectivity index (χ3v) is 3.03. The number of esters is 1. The first-order valence-electron chi connectivity index (χ1n) is 6.74. The highest BCUT2D eigenvalue weighted by Gasteiger charge is 2.36. The van der Waals surface area contributed by atoms with Crippen LogP contribution in [0, 0.1) is 10.1 Å². The number of hydrogen-bond donors (Lipinski definition) is 1. The quantitative estimate of drug-likeness (QED) is 0.449. The van der Waals surface area contributed by atoms with E-state index in [1.54, 1.807) is 45.2 Å². The average molecular weight is 296 g/mol. The van der Waals surface area contributed by atoms with Gasteiger partial charge in [0.1, 0.15) is 5.75 Å². The summed E-state index contributed by atoms with van der Waals surface area (Å²) in [4.78, 5) is 22.6. The van der Waals surface area contributed by atoms with E-state index >= 15 is 0 Å². The van der Waals surface area contributed by atoms with Gasteiger partial charge in [0.25, 0.3) is 0 Å². The van der Waals surface area contributed by atoms with E-state index in [1.807, 2.05) is 0 Å². The molecule has 0 radical (unpaired) electrons. The molecule has 0 unspecified atom stereocenters. The largest absolute Gasteiger partial charge is 0.497 e. The molecule has 0 saturated carbocycles. The molecule has 0 amide bonds. The zero-order valence-electron chi connectivity index (χ0n) is 12.4. The summed E-state index contributed by atoms with van der Waals surface area (Å²) >= 11 is 0. The number of nitrogens with zero attached hydrogens (tertiary/aromatic N) is 1. The Kier molecular flexibility index (Phi) is 6.45. The summed E-state index contributed by atoms with van der Waals surface area (Å²) in [5, 5.41) is 14.0. The Bertz CT molecular complexity index is 475. The molecule has 7 nitrogen and oxygen atoms in total. The maximum Gasteiger partial charge on any atom is 0.335 e. The fourth-order valence-corrected chi connectivity index (χ4v) is 1.92. The predicted molar refractivity (Wildman–Crippen MR) is 78.1 cm³/mol. The van der Waals surface area contributed by atoms with Gasteiger partial charge in [-0.2, -0.15) is 0 Å². The number of anilines is 1. The number of rotatable bonds is 8. The van der Waals surface area contributed by atoms with Crippen LogP contribution >= 0.6 is 0 Å². The van der Waals surface area contributed by atoms with Crippen molar-refractivity contribution in [1.29, 1.82) is 0 Å². The summed E-state index contributed by atoms with van der Waals surface area (Å²) < 4.78 is 9.96. The third kappa shape index (κ3) is 4.62. The van der Waals surface area contributed by atoms with Crippen LogP contribution in [0.4, 0.5) is 5.69 Å². The lowest BCUT2D eigenvalue weighted by atomic mass is 10.1. The molecule has 2 atom stereocenters. The van der Waals surface area contributed by atoms with Crippen LogP contribution in [-0.2, 0) is 9.53 Å². The van der Waals surface area contributed by atoms with Crippen molar-refractivity contribution >= 4 is 11.7 Å². The number of nitrogens with one attached hydrogen (secondary N) is 1. The van der Waals surface area contributed by atoms with E-state index in [4.69, 9.17) is 9.47 Å². The van der Waals surface area contributed by atoms with Crippen LogP contribution in [0.3, 0.4) is 0 Å². The number of ether oxygens (including phenoxy) is 2. The Balaban J connectivity index is 2.94. The molecule has 1 aromatic carbocycles. The highest BCUT2D eigenvalue weighted by molar-refractivity contribution is 5.80. The molecule has 21 heavy (non-hydrogen) atoms. The third-order valence-electron chi connectivity index (χ3n) is 3.03. The SMILES string of the molecule is CCOC(=O)[C@@H](Nc1ccc(OC)cc1)[C@H](CC)[N+](=O)[O-]. The summed E-state index contributed by atoms with van der Waals surface area (Å²) in [5.41, 5.74) is 0.592. The Morgan fingerprint density at radius 3 is 2.38 bits per heavy atom. The Hall–Kier alpha value is -2.31. The minimum absolute atomic E-state index is 0.174. The summed E-state index contributed by atoms with van der Waals surface area (Å²) in [7, 11) is 1.55. The second-order valence-electron chi connectivity index (χ2n) is 4.36. The van der Waals surface area contributed by atoms with Gasteiger partial charge in [0, 0.05) is 17.0 Å². The van der Waals surface area contributed by atoms with Gasteiger partial charge in [0.15, 0.2) is 6.04 Å². The van der Waals surface area contributed by atoms with Crippen LogP contribution in [0.25, 0.3) is 0 Å². The molecule has 1 aromatic rings. The highest BCUT2D eigenvalue weighted by atomic mass is 16.6. The van der Waals surface area contributed by atoms with Crippen LogP contribution in [0.1, 0.15) is 20.3 Å². The Morgan fingerprint density at radius 1 is 1.33 bits per heavy atom. The maximum atomic E-state index is 12.0. The molecule has 0 heterocycles. The molecule has 116 valence electrons. The van der Waals surface area contributed by atoms with E-state index in [0.717, 1.165) is 0 Å². The van der Waals surface area contributed by atoms with Crippen molar-refractivity contribution in [3.05, 3.63) is 34.4 Å².